The second kappa shape index (κ2) is 1.96. The molecule has 3 fully saturated rings. The van der Waals surface area contributed by atoms with Gasteiger partial charge in [-0.25, -0.2) is 0 Å². The molecule has 0 aromatic rings. The third kappa shape index (κ3) is 0.864. The van der Waals surface area contributed by atoms with E-state index in [1.54, 1.807) is 0 Å². The van der Waals surface area contributed by atoms with Gasteiger partial charge >= 0.3 is 0 Å². The molecule has 0 aromatic heterocycles. The van der Waals surface area contributed by atoms with Crippen LogP contribution >= 0.6 is 0 Å². The van der Waals surface area contributed by atoms with E-state index in [9.17, 15) is 5.11 Å². The first-order valence-corrected chi connectivity index (χ1v) is 2.96. The van der Waals surface area contributed by atoms with Gasteiger partial charge in [0.15, 0.2) is 0 Å². The first-order chi connectivity index (χ1) is 6.93. The van der Waals surface area contributed by atoms with E-state index in [2.05, 4.69) is 0 Å². The van der Waals surface area contributed by atoms with Crippen LogP contribution in [-0.4, -0.2) is 35.6 Å². The topological polar surface area (TPSA) is 23.5 Å². The molecule has 0 saturated carbocycles. The van der Waals surface area contributed by atoms with Gasteiger partial charge < -0.3 is 10.0 Å². The molecule has 0 aromatic carbocycles. The van der Waals surface area contributed by atoms with Crippen molar-refractivity contribution in [1.82, 2.24) is 4.90 Å². The molecule has 2 nitrogen and oxygen atoms in total. The molecule has 0 aliphatic carbocycles. The van der Waals surface area contributed by atoms with E-state index in [1.807, 2.05) is 0 Å². The second-order valence-corrected chi connectivity index (χ2v) is 2.25. The monoisotopic (exact) mass is 134 g/mol. The Morgan fingerprint density at radius 3 is 2.67 bits per heavy atom. The smallest absolute Gasteiger partial charge is 0.0696 e. The zero-order valence-corrected chi connectivity index (χ0v) is 4.89. The van der Waals surface area contributed by atoms with Gasteiger partial charge in [-0.2, -0.15) is 0 Å². The summed E-state index contributed by atoms with van der Waals surface area (Å²) in [5, 5.41) is 9.77. The van der Waals surface area contributed by atoms with E-state index >= 15 is 0 Å². The number of nitrogens with zero attached hydrogens (tertiary/aromatic N) is 1. The highest BCUT2D eigenvalue weighted by atomic mass is 16.3. The Labute approximate surface area is 65.3 Å². The van der Waals surface area contributed by atoms with Crippen molar-refractivity contribution in [2.75, 3.05) is 19.5 Å². The van der Waals surface area contributed by atoms with Gasteiger partial charge in [-0.05, 0) is 31.8 Å². The van der Waals surface area contributed by atoms with Gasteiger partial charge in [0.05, 0.1) is 7.45 Å². The molecule has 0 unspecified atom stereocenters. The minimum absolute atomic E-state index is 0.230. The van der Waals surface area contributed by atoms with Crippen LogP contribution in [0.5, 0.6) is 0 Å². The van der Waals surface area contributed by atoms with Gasteiger partial charge in [0.25, 0.3) is 0 Å². The summed E-state index contributed by atoms with van der Waals surface area (Å²) in [6.07, 6.45) is -2.93. The van der Waals surface area contributed by atoms with Crippen molar-refractivity contribution in [2.45, 2.75) is 18.9 Å². The number of fused-ring (bicyclic) bond motifs is 3. The Morgan fingerprint density at radius 1 is 1.56 bits per heavy atom. The quantitative estimate of drug-likeness (QED) is 0.507. The minimum Gasteiger partial charge on any atom is -0.392 e. The molecular formula is C7H13NO. The molecular weight excluding hydrogens is 114 g/mol. The normalized spacial score (nSPS) is 86.1. The summed E-state index contributed by atoms with van der Waals surface area (Å²) in [5.41, 5.74) is 0. The van der Waals surface area contributed by atoms with E-state index < -0.39 is 31.5 Å². The Morgan fingerprint density at radius 2 is 2.22 bits per heavy atom. The Bertz CT molecular complexity index is 311. The second-order valence-electron chi connectivity index (χ2n) is 2.25. The molecule has 1 atom stereocenters. The minimum atomic E-state index is -2.73. The van der Waals surface area contributed by atoms with Crippen molar-refractivity contribution in [3.05, 3.63) is 0 Å². The van der Waals surface area contributed by atoms with Gasteiger partial charge in [0.2, 0.25) is 0 Å². The highest BCUT2D eigenvalue weighted by molar-refractivity contribution is 4.85. The Balaban J connectivity index is 2.56. The molecule has 0 radical (unpaired) electrons. The van der Waals surface area contributed by atoms with Crippen molar-refractivity contribution < 1.29 is 14.7 Å². The number of hydrogen-bond acceptors (Lipinski definition) is 2. The van der Waals surface area contributed by atoms with Crippen molar-refractivity contribution >= 4 is 0 Å². The van der Waals surface area contributed by atoms with Gasteiger partial charge in [-0.3, -0.25) is 0 Å². The third-order valence-corrected chi connectivity index (χ3v) is 1.60. The molecule has 52 valence electrons. The van der Waals surface area contributed by atoms with Crippen molar-refractivity contribution in [3.8, 4) is 0 Å². The molecule has 2 heteroatoms. The number of piperidine rings is 3. The average molecular weight is 134 g/mol. The van der Waals surface area contributed by atoms with Crippen molar-refractivity contribution in [1.29, 1.82) is 0 Å². The Hall–Kier alpha value is -0.0800. The maximum absolute atomic E-state index is 9.77. The zero-order valence-electron chi connectivity index (χ0n) is 11.9. The predicted octanol–water partition coefficient (Wildman–Crippen LogP) is 0.0729. The number of hydrogen-bond donors (Lipinski definition) is 1. The maximum Gasteiger partial charge on any atom is 0.0696 e. The van der Waals surface area contributed by atoms with Crippen LogP contribution in [0.4, 0.5) is 0 Å². The summed E-state index contributed by atoms with van der Waals surface area (Å²) in [7, 11) is 0. The molecule has 9 heavy (non-hydrogen) atoms. The highest BCUT2D eigenvalue weighted by Crippen LogP contribution is 2.26. The van der Waals surface area contributed by atoms with Crippen LogP contribution in [0.3, 0.4) is 0 Å². The summed E-state index contributed by atoms with van der Waals surface area (Å²) in [4.78, 5) is 0.361. The van der Waals surface area contributed by atoms with Crippen LogP contribution in [0.1, 0.15) is 22.4 Å². The molecule has 0 spiro atoms. The van der Waals surface area contributed by atoms with Crippen LogP contribution < -0.4 is 0 Å². The van der Waals surface area contributed by atoms with Gasteiger partial charge in [0.1, 0.15) is 0 Å². The summed E-state index contributed by atoms with van der Waals surface area (Å²) in [6, 6.07) is 0. The van der Waals surface area contributed by atoms with Crippen LogP contribution in [0, 0.1) is 5.92 Å². The molecule has 3 aliphatic rings. The van der Waals surface area contributed by atoms with Gasteiger partial charge in [0, 0.05) is 14.7 Å². The highest BCUT2D eigenvalue weighted by Gasteiger charge is 2.32. The SMILES string of the molecule is [2H]C1([2H])CC2CC([2H])([2H])N1C([2H])([2H])[C@@]2([2H])O. The molecule has 2 bridgehead atoms. The molecule has 3 rings (SSSR count). The van der Waals surface area contributed by atoms with E-state index in [0.29, 0.717) is 4.90 Å². The van der Waals surface area contributed by atoms with Crippen molar-refractivity contribution in [2.24, 2.45) is 5.92 Å². The fraction of sp³-hybridized carbons (Fsp3) is 1.00. The molecule has 3 heterocycles. The first-order valence-electron chi connectivity index (χ1n) is 6.46. The molecule has 3 aliphatic heterocycles. The fourth-order valence-corrected chi connectivity index (χ4v) is 1.01. The average Bonchev–Trinajstić information content (AvgIpc) is 1.94. The summed E-state index contributed by atoms with van der Waals surface area (Å²) >= 11 is 0. The standard InChI is InChI=1S/C7H13NO/c9-7-5-8-3-1-6(7)2-4-8/h6-7,9H,1-5H2/t7-/m1/s1/i3D2,4D2,5D2,7D. The zero-order chi connectivity index (χ0) is 12.6. The lowest BCUT2D eigenvalue weighted by atomic mass is 9.86. The van der Waals surface area contributed by atoms with Crippen LogP contribution in [0.15, 0.2) is 0 Å². The largest absolute Gasteiger partial charge is 0.392 e. The summed E-state index contributed by atoms with van der Waals surface area (Å²) in [5.74, 6) is -1.04. The number of aliphatic hydroxyl groups is 1. The lowest BCUT2D eigenvalue weighted by molar-refractivity contribution is -0.0227. The van der Waals surface area contributed by atoms with Gasteiger partial charge in [-0.15, -0.1) is 0 Å². The first kappa shape index (κ1) is 1.95. The molecule has 1 N–H and O–H groups in total. The number of rotatable bonds is 0. The third-order valence-electron chi connectivity index (χ3n) is 1.60. The maximum atomic E-state index is 9.77. The lowest BCUT2D eigenvalue weighted by Crippen LogP contribution is -2.50. The fourth-order valence-electron chi connectivity index (χ4n) is 1.01. The van der Waals surface area contributed by atoms with Crippen LogP contribution in [0.25, 0.3) is 0 Å². The van der Waals surface area contributed by atoms with E-state index in [4.69, 9.17) is 9.60 Å². The summed E-state index contributed by atoms with van der Waals surface area (Å²) < 4.78 is 53.3. The van der Waals surface area contributed by atoms with Crippen LogP contribution in [0.2, 0.25) is 0 Å². The Kier molecular flexibility index (Phi) is 0.425. The summed E-state index contributed by atoms with van der Waals surface area (Å²) in [6.45, 7) is -7.09. The van der Waals surface area contributed by atoms with Crippen molar-refractivity contribution in [3.63, 3.8) is 0 Å². The predicted molar refractivity (Wildman–Crippen MR) is 35.2 cm³/mol. The lowest BCUT2D eigenvalue weighted by Gasteiger charge is -2.42. The van der Waals surface area contributed by atoms with E-state index in [-0.39, 0.29) is 12.8 Å². The molecule has 0 amide bonds. The van der Waals surface area contributed by atoms with E-state index in [0.717, 1.165) is 0 Å². The molecule has 3 saturated heterocycles. The van der Waals surface area contributed by atoms with Crippen LogP contribution in [-0.2, 0) is 0 Å². The van der Waals surface area contributed by atoms with Gasteiger partial charge in [-0.1, -0.05) is 0 Å². The van der Waals surface area contributed by atoms with E-state index in [1.165, 1.54) is 0 Å².